The summed E-state index contributed by atoms with van der Waals surface area (Å²) >= 11 is 9.23. The Morgan fingerprint density at radius 3 is 2.68 bits per heavy atom. The average molecular weight is 349 g/mol. The van der Waals surface area contributed by atoms with Gasteiger partial charge in [-0.25, -0.2) is 0 Å². The number of amides is 1. The van der Waals surface area contributed by atoms with Crippen LogP contribution in [0.4, 0.5) is 0 Å². The number of nitrogens with one attached hydrogen (secondary N) is 1. The molecule has 0 atom stereocenters. The Morgan fingerprint density at radius 2 is 2.11 bits per heavy atom. The Labute approximate surface area is 125 Å². The van der Waals surface area contributed by atoms with Crippen LogP contribution in [0.15, 0.2) is 22.7 Å². The van der Waals surface area contributed by atoms with Crippen LogP contribution in [0.3, 0.4) is 0 Å². The van der Waals surface area contributed by atoms with Gasteiger partial charge in [0.25, 0.3) is 5.91 Å². The van der Waals surface area contributed by atoms with E-state index in [4.69, 9.17) is 16.3 Å². The highest BCUT2D eigenvalue weighted by atomic mass is 79.9. The third kappa shape index (κ3) is 3.69. The SMILES string of the molecule is O=C(NC1(CO)CCOCC1)c1cc(Cl)cc(Br)c1. The van der Waals surface area contributed by atoms with Gasteiger partial charge in [0.2, 0.25) is 0 Å². The van der Waals surface area contributed by atoms with Crippen molar-refractivity contribution in [3.8, 4) is 0 Å². The monoisotopic (exact) mass is 347 g/mol. The molecule has 0 spiro atoms. The minimum Gasteiger partial charge on any atom is -0.394 e. The third-order valence-electron chi connectivity index (χ3n) is 3.26. The first-order valence-corrected chi connectivity index (χ1v) is 7.19. The van der Waals surface area contributed by atoms with Crippen LogP contribution in [-0.4, -0.2) is 36.4 Å². The van der Waals surface area contributed by atoms with Crippen LogP contribution in [0.1, 0.15) is 23.2 Å². The van der Waals surface area contributed by atoms with Crippen molar-refractivity contribution in [3.05, 3.63) is 33.3 Å². The van der Waals surface area contributed by atoms with Gasteiger partial charge in [-0.15, -0.1) is 0 Å². The molecular weight excluding hydrogens is 334 g/mol. The number of hydrogen-bond acceptors (Lipinski definition) is 3. The van der Waals surface area contributed by atoms with E-state index < -0.39 is 5.54 Å². The molecular formula is C13H15BrClNO3. The zero-order valence-corrected chi connectivity index (χ0v) is 12.6. The summed E-state index contributed by atoms with van der Waals surface area (Å²) in [7, 11) is 0. The molecule has 1 amide bonds. The van der Waals surface area contributed by atoms with Crippen LogP contribution in [0.2, 0.25) is 5.02 Å². The van der Waals surface area contributed by atoms with Crippen LogP contribution in [0.25, 0.3) is 0 Å². The van der Waals surface area contributed by atoms with Crippen molar-refractivity contribution in [2.24, 2.45) is 0 Å². The van der Waals surface area contributed by atoms with Gasteiger partial charge in [-0.1, -0.05) is 27.5 Å². The number of aliphatic hydroxyl groups is 1. The van der Waals surface area contributed by atoms with Gasteiger partial charge >= 0.3 is 0 Å². The van der Waals surface area contributed by atoms with Crippen LogP contribution >= 0.6 is 27.5 Å². The summed E-state index contributed by atoms with van der Waals surface area (Å²) in [5, 5.41) is 12.9. The maximum Gasteiger partial charge on any atom is 0.251 e. The third-order valence-corrected chi connectivity index (χ3v) is 3.93. The van der Waals surface area contributed by atoms with E-state index >= 15 is 0 Å². The minimum atomic E-state index is -0.593. The molecule has 1 aromatic carbocycles. The maximum atomic E-state index is 12.2. The van der Waals surface area contributed by atoms with E-state index in [0.29, 0.717) is 36.6 Å². The molecule has 2 N–H and O–H groups in total. The van der Waals surface area contributed by atoms with Crippen molar-refractivity contribution < 1.29 is 14.6 Å². The molecule has 6 heteroatoms. The number of carbonyl (C=O) groups excluding carboxylic acids is 1. The van der Waals surface area contributed by atoms with E-state index in [1.807, 2.05) is 0 Å². The lowest BCUT2D eigenvalue weighted by molar-refractivity contribution is 0.0125. The largest absolute Gasteiger partial charge is 0.394 e. The molecule has 4 nitrogen and oxygen atoms in total. The summed E-state index contributed by atoms with van der Waals surface area (Å²) in [6, 6.07) is 5.02. The lowest BCUT2D eigenvalue weighted by atomic mass is 9.90. The van der Waals surface area contributed by atoms with Crippen molar-refractivity contribution in [2.75, 3.05) is 19.8 Å². The van der Waals surface area contributed by atoms with Crippen LogP contribution in [0.5, 0.6) is 0 Å². The topological polar surface area (TPSA) is 58.6 Å². The number of halogens is 2. The van der Waals surface area contributed by atoms with Crippen molar-refractivity contribution in [2.45, 2.75) is 18.4 Å². The van der Waals surface area contributed by atoms with Crippen LogP contribution in [0, 0.1) is 0 Å². The van der Waals surface area contributed by atoms with E-state index in [9.17, 15) is 9.90 Å². The van der Waals surface area contributed by atoms with E-state index in [0.717, 1.165) is 4.47 Å². The smallest absolute Gasteiger partial charge is 0.251 e. The Bertz CT molecular complexity index is 455. The second-order valence-electron chi connectivity index (χ2n) is 4.66. The zero-order chi connectivity index (χ0) is 13.9. The quantitative estimate of drug-likeness (QED) is 0.882. The van der Waals surface area contributed by atoms with Gasteiger partial charge < -0.3 is 15.2 Å². The Kier molecular flexibility index (Phi) is 4.84. The van der Waals surface area contributed by atoms with Gasteiger partial charge in [-0.3, -0.25) is 4.79 Å². The van der Waals surface area contributed by atoms with Crippen molar-refractivity contribution in [1.82, 2.24) is 5.32 Å². The van der Waals surface area contributed by atoms with Gasteiger partial charge in [0.1, 0.15) is 0 Å². The fourth-order valence-electron chi connectivity index (χ4n) is 2.08. The van der Waals surface area contributed by atoms with E-state index in [1.54, 1.807) is 18.2 Å². The molecule has 1 fully saturated rings. The second-order valence-corrected chi connectivity index (χ2v) is 6.02. The molecule has 104 valence electrons. The molecule has 1 aliphatic rings. The molecule has 1 aromatic rings. The maximum absolute atomic E-state index is 12.2. The number of carbonyl (C=O) groups is 1. The molecule has 2 rings (SSSR count). The molecule has 0 aromatic heterocycles. The number of aliphatic hydroxyl groups excluding tert-OH is 1. The normalized spacial score (nSPS) is 18.1. The molecule has 0 aliphatic carbocycles. The standard InChI is InChI=1S/C13H15BrClNO3/c14-10-5-9(6-11(15)7-10)12(18)16-13(8-17)1-3-19-4-2-13/h5-7,17H,1-4,8H2,(H,16,18). The first-order chi connectivity index (χ1) is 9.04. The number of hydrogen-bond donors (Lipinski definition) is 2. The Morgan fingerprint density at radius 1 is 1.42 bits per heavy atom. The average Bonchev–Trinajstić information content (AvgIpc) is 2.38. The minimum absolute atomic E-state index is 0.0934. The molecule has 0 radical (unpaired) electrons. The summed E-state index contributed by atoms with van der Waals surface area (Å²) in [5.74, 6) is -0.237. The van der Waals surface area contributed by atoms with Crippen molar-refractivity contribution >= 4 is 33.4 Å². The van der Waals surface area contributed by atoms with Crippen molar-refractivity contribution in [1.29, 1.82) is 0 Å². The van der Waals surface area contributed by atoms with Gasteiger partial charge in [-0.2, -0.15) is 0 Å². The lowest BCUT2D eigenvalue weighted by Gasteiger charge is -2.36. The molecule has 1 saturated heterocycles. The fourth-order valence-corrected chi connectivity index (χ4v) is 2.94. The first kappa shape index (κ1) is 14.8. The highest BCUT2D eigenvalue weighted by molar-refractivity contribution is 9.10. The summed E-state index contributed by atoms with van der Waals surface area (Å²) in [6.07, 6.45) is 1.22. The van der Waals surface area contributed by atoms with E-state index in [1.165, 1.54) is 0 Å². The number of ether oxygens (including phenoxy) is 1. The summed E-state index contributed by atoms with van der Waals surface area (Å²) in [6.45, 7) is 0.990. The Hall–Kier alpha value is -0.620. The predicted octanol–water partition coefficient (Wildman–Crippen LogP) is 2.37. The molecule has 0 saturated carbocycles. The van der Waals surface area contributed by atoms with Gasteiger partial charge in [0.05, 0.1) is 12.1 Å². The molecule has 1 heterocycles. The molecule has 19 heavy (non-hydrogen) atoms. The number of benzene rings is 1. The lowest BCUT2D eigenvalue weighted by Crippen LogP contribution is -2.54. The highest BCUT2D eigenvalue weighted by Crippen LogP contribution is 2.23. The fraction of sp³-hybridized carbons (Fsp3) is 0.462. The Balaban J connectivity index is 2.15. The van der Waals surface area contributed by atoms with E-state index in [-0.39, 0.29) is 12.5 Å². The van der Waals surface area contributed by atoms with Crippen molar-refractivity contribution in [3.63, 3.8) is 0 Å². The predicted molar refractivity (Wildman–Crippen MR) is 76.5 cm³/mol. The summed E-state index contributed by atoms with van der Waals surface area (Å²) in [4.78, 5) is 12.2. The van der Waals surface area contributed by atoms with E-state index in [2.05, 4.69) is 21.2 Å². The summed E-state index contributed by atoms with van der Waals surface area (Å²) < 4.78 is 6.01. The van der Waals surface area contributed by atoms with Crippen LogP contribution in [-0.2, 0) is 4.74 Å². The van der Waals surface area contributed by atoms with Gasteiger partial charge in [0.15, 0.2) is 0 Å². The molecule has 1 aliphatic heterocycles. The first-order valence-electron chi connectivity index (χ1n) is 6.02. The van der Waals surface area contributed by atoms with Crippen LogP contribution < -0.4 is 5.32 Å². The van der Waals surface area contributed by atoms with Gasteiger partial charge in [-0.05, 0) is 31.0 Å². The highest BCUT2D eigenvalue weighted by Gasteiger charge is 2.33. The summed E-state index contributed by atoms with van der Waals surface area (Å²) in [5.41, 5.74) is -0.122. The number of rotatable bonds is 3. The molecule has 0 bridgehead atoms. The van der Waals surface area contributed by atoms with Gasteiger partial charge in [0, 0.05) is 28.3 Å². The second kappa shape index (κ2) is 6.22. The zero-order valence-electron chi connectivity index (χ0n) is 10.3. The molecule has 0 unspecified atom stereocenters.